The van der Waals surface area contributed by atoms with E-state index in [1.54, 1.807) is 19.9 Å². The maximum absolute atomic E-state index is 13.1. The Morgan fingerprint density at radius 1 is 1.35 bits per heavy atom. The number of benzene rings is 1. The van der Waals surface area contributed by atoms with E-state index in [-0.39, 0.29) is 29.0 Å². The highest BCUT2D eigenvalue weighted by molar-refractivity contribution is 6.32. The van der Waals surface area contributed by atoms with Crippen molar-refractivity contribution in [2.75, 3.05) is 20.3 Å². The number of nitro groups is 1. The summed E-state index contributed by atoms with van der Waals surface area (Å²) in [5.41, 5.74) is 0.993. The van der Waals surface area contributed by atoms with Crippen molar-refractivity contribution in [3.63, 3.8) is 0 Å². The fourth-order valence-electron chi connectivity index (χ4n) is 3.98. The first-order valence-corrected chi connectivity index (χ1v) is 10.2. The number of methoxy groups -OCH3 is 1. The molecule has 0 N–H and O–H groups in total. The summed E-state index contributed by atoms with van der Waals surface area (Å²) in [5.74, 6) is -3.08. The molecule has 2 aliphatic rings. The van der Waals surface area contributed by atoms with Crippen LogP contribution in [0.1, 0.15) is 38.2 Å². The molecule has 3 rings (SSSR count). The molecule has 2 aliphatic heterocycles. The van der Waals surface area contributed by atoms with Gasteiger partial charge in [0.05, 0.1) is 23.7 Å². The number of esters is 2. The first-order valence-electron chi connectivity index (χ1n) is 9.81. The van der Waals surface area contributed by atoms with Gasteiger partial charge in [-0.3, -0.25) is 19.9 Å². The van der Waals surface area contributed by atoms with E-state index in [9.17, 15) is 19.7 Å². The molecular formula is C21H23ClN2O7. The summed E-state index contributed by atoms with van der Waals surface area (Å²) in [4.78, 5) is 40.9. The molecule has 31 heavy (non-hydrogen) atoms. The van der Waals surface area contributed by atoms with Gasteiger partial charge in [-0.05, 0) is 38.3 Å². The normalized spacial score (nSPS) is 23.4. The Bertz CT molecular complexity index is 966. The van der Waals surface area contributed by atoms with Gasteiger partial charge in [-0.25, -0.2) is 4.79 Å². The van der Waals surface area contributed by atoms with Gasteiger partial charge in [-0.15, -0.1) is 0 Å². The van der Waals surface area contributed by atoms with Crippen LogP contribution in [0.15, 0.2) is 34.5 Å². The zero-order valence-electron chi connectivity index (χ0n) is 17.4. The van der Waals surface area contributed by atoms with Gasteiger partial charge in [0.15, 0.2) is 0 Å². The van der Waals surface area contributed by atoms with Crippen molar-refractivity contribution in [3.8, 4) is 0 Å². The van der Waals surface area contributed by atoms with Gasteiger partial charge >= 0.3 is 11.9 Å². The number of halogens is 1. The van der Waals surface area contributed by atoms with Gasteiger partial charge in [0, 0.05) is 30.0 Å². The summed E-state index contributed by atoms with van der Waals surface area (Å²) < 4.78 is 15.9. The van der Waals surface area contributed by atoms with E-state index in [0.717, 1.165) is 12.8 Å². The molecule has 166 valence electrons. The average molecular weight is 451 g/mol. The molecule has 0 saturated carbocycles. The van der Waals surface area contributed by atoms with Gasteiger partial charge in [-0.2, -0.15) is 0 Å². The molecule has 1 saturated heterocycles. The molecule has 1 fully saturated rings. The molecule has 0 aliphatic carbocycles. The summed E-state index contributed by atoms with van der Waals surface area (Å²) >= 11 is 5.96. The van der Waals surface area contributed by atoms with E-state index < -0.39 is 28.7 Å². The highest BCUT2D eigenvalue weighted by Crippen LogP contribution is 2.42. The lowest BCUT2D eigenvalue weighted by atomic mass is 9.75. The van der Waals surface area contributed by atoms with Crippen molar-refractivity contribution in [1.82, 2.24) is 0 Å². The van der Waals surface area contributed by atoms with Gasteiger partial charge in [0.2, 0.25) is 0 Å². The number of hydrogen-bond acceptors (Lipinski definition) is 8. The molecule has 10 heteroatoms. The number of nitrogens with zero attached hydrogens (tertiary/aromatic N) is 2. The number of allylic oxidation sites excluding steroid dienone is 1. The van der Waals surface area contributed by atoms with Gasteiger partial charge in [0.25, 0.3) is 5.69 Å². The lowest BCUT2D eigenvalue weighted by Gasteiger charge is -2.31. The smallest absolute Gasteiger partial charge is 0.336 e. The fourth-order valence-corrected chi connectivity index (χ4v) is 4.17. The van der Waals surface area contributed by atoms with Crippen LogP contribution in [0.3, 0.4) is 0 Å². The molecular weight excluding hydrogens is 428 g/mol. The van der Waals surface area contributed by atoms with Gasteiger partial charge < -0.3 is 14.2 Å². The van der Waals surface area contributed by atoms with Crippen LogP contribution in [-0.2, 0) is 23.8 Å². The highest BCUT2D eigenvalue weighted by Gasteiger charge is 2.43. The fraction of sp³-hybridized carbons (Fsp3) is 0.476. The molecule has 3 atom stereocenters. The number of rotatable bonds is 6. The zero-order chi connectivity index (χ0) is 22.7. The Morgan fingerprint density at radius 3 is 2.71 bits per heavy atom. The number of carbonyl (C=O) groups is 2. The minimum absolute atomic E-state index is 0.0484. The largest absolute Gasteiger partial charge is 0.468 e. The molecule has 1 unspecified atom stereocenters. The minimum Gasteiger partial charge on any atom is -0.468 e. The van der Waals surface area contributed by atoms with Gasteiger partial charge in [-0.1, -0.05) is 17.7 Å². The van der Waals surface area contributed by atoms with Crippen molar-refractivity contribution in [2.45, 2.75) is 38.7 Å². The van der Waals surface area contributed by atoms with Crippen LogP contribution in [-0.4, -0.2) is 49.0 Å². The minimum atomic E-state index is -0.945. The van der Waals surface area contributed by atoms with E-state index in [1.807, 2.05) is 0 Å². The molecule has 1 aromatic rings. The standard InChI is InChI=1S/C21H23ClN2O7/c1-11-17(20(25)29-3)19(13-6-7-15(22)16(9-13)24(27)28)18(12(2)23-11)21(26)31-10-14-5-4-8-30-14/h6-7,9,14,17,19H,4-5,8,10H2,1-3H3/t14-,17?,19-/m0/s1. The van der Waals surface area contributed by atoms with Crippen LogP contribution >= 0.6 is 11.6 Å². The van der Waals surface area contributed by atoms with Crippen LogP contribution in [0.4, 0.5) is 5.69 Å². The summed E-state index contributed by atoms with van der Waals surface area (Å²) in [6.07, 6.45) is 1.51. The molecule has 2 heterocycles. The van der Waals surface area contributed by atoms with Crippen molar-refractivity contribution in [1.29, 1.82) is 0 Å². The molecule has 0 radical (unpaired) electrons. The zero-order valence-corrected chi connectivity index (χ0v) is 18.2. The van der Waals surface area contributed by atoms with Crippen LogP contribution < -0.4 is 0 Å². The summed E-state index contributed by atoms with van der Waals surface area (Å²) in [6.45, 7) is 3.98. The third-order valence-corrected chi connectivity index (χ3v) is 5.77. The molecule has 0 spiro atoms. The van der Waals surface area contributed by atoms with Crippen LogP contribution in [0.2, 0.25) is 5.02 Å². The molecule has 0 aromatic heterocycles. The second-order valence-corrected chi connectivity index (χ2v) is 7.84. The lowest BCUT2D eigenvalue weighted by molar-refractivity contribution is -0.384. The molecule has 0 amide bonds. The first kappa shape index (κ1) is 22.9. The monoisotopic (exact) mass is 450 g/mol. The topological polar surface area (TPSA) is 117 Å². The Kier molecular flexibility index (Phi) is 7.07. The Balaban J connectivity index is 2.05. The average Bonchev–Trinajstić information content (AvgIpc) is 3.25. The highest BCUT2D eigenvalue weighted by atomic mass is 35.5. The summed E-state index contributed by atoms with van der Waals surface area (Å²) in [7, 11) is 1.23. The van der Waals surface area contributed by atoms with E-state index in [4.69, 9.17) is 25.8 Å². The maximum Gasteiger partial charge on any atom is 0.336 e. The number of hydrogen-bond donors (Lipinski definition) is 0. The number of ether oxygens (including phenoxy) is 3. The predicted molar refractivity (Wildman–Crippen MR) is 112 cm³/mol. The quantitative estimate of drug-likeness (QED) is 0.369. The first-order chi connectivity index (χ1) is 14.7. The maximum atomic E-state index is 13.1. The van der Waals surface area contributed by atoms with Crippen molar-refractivity contribution < 1.29 is 28.7 Å². The van der Waals surface area contributed by atoms with Crippen molar-refractivity contribution >= 4 is 34.9 Å². The Labute approximate surface area is 184 Å². The Morgan fingerprint density at radius 2 is 2.10 bits per heavy atom. The second-order valence-electron chi connectivity index (χ2n) is 7.43. The third kappa shape index (κ3) is 4.77. The van der Waals surface area contributed by atoms with Crippen molar-refractivity contribution in [3.05, 3.63) is 50.2 Å². The van der Waals surface area contributed by atoms with Gasteiger partial charge in [0.1, 0.15) is 17.5 Å². The second kappa shape index (κ2) is 9.57. The molecule has 0 bridgehead atoms. The van der Waals surface area contributed by atoms with Crippen molar-refractivity contribution in [2.24, 2.45) is 10.9 Å². The number of aliphatic imine (C=N–C) groups is 1. The number of nitro benzene ring substituents is 1. The lowest BCUT2D eigenvalue weighted by Crippen LogP contribution is -2.36. The molecule has 1 aromatic carbocycles. The van der Waals surface area contributed by atoms with E-state index in [2.05, 4.69) is 4.99 Å². The van der Waals surface area contributed by atoms with Crippen LogP contribution in [0, 0.1) is 16.0 Å². The van der Waals surface area contributed by atoms with E-state index in [0.29, 0.717) is 23.6 Å². The summed E-state index contributed by atoms with van der Waals surface area (Å²) in [6, 6.07) is 4.19. The van der Waals surface area contributed by atoms with Crippen LogP contribution in [0.25, 0.3) is 0 Å². The number of carbonyl (C=O) groups excluding carboxylic acids is 2. The SMILES string of the molecule is COC(=O)C1C(C)=NC(C)=C(C(=O)OC[C@@H]2CCCO2)[C@H]1c1ccc(Cl)c([N+](=O)[O-])c1. The van der Waals surface area contributed by atoms with Crippen LogP contribution in [0.5, 0.6) is 0 Å². The molecule has 9 nitrogen and oxygen atoms in total. The van der Waals surface area contributed by atoms with E-state index >= 15 is 0 Å². The summed E-state index contributed by atoms with van der Waals surface area (Å²) in [5, 5.41) is 11.4. The Hall–Kier alpha value is -2.78. The van der Waals surface area contributed by atoms with E-state index in [1.165, 1.54) is 19.2 Å². The third-order valence-electron chi connectivity index (χ3n) is 5.45. The predicted octanol–water partition coefficient (Wildman–Crippen LogP) is 3.59.